The van der Waals surface area contributed by atoms with Crippen molar-refractivity contribution in [2.45, 2.75) is 0 Å². The predicted molar refractivity (Wildman–Crippen MR) is 85.9 cm³/mol. The molecule has 0 aromatic heterocycles. The van der Waals surface area contributed by atoms with Crippen molar-refractivity contribution in [1.82, 2.24) is 10.2 Å². The maximum atomic E-state index is 12.1. The summed E-state index contributed by atoms with van der Waals surface area (Å²) < 4.78 is 5.32. The first-order valence-electron chi connectivity index (χ1n) is 7.66. The summed E-state index contributed by atoms with van der Waals surface area (Å²) in [5.74, 6) is -0.164. The molecule has 2 aliphatic rings. The molecule has 0 spiro atoms. The minimum Gasteiger partial charge on any atom is -0.379 e. The molecule has 1 aromatic rings. The molecule has 0 aliphatic carbocycles. The Bertz CT molecular complexity index is 690. The Morgan fingerprint density at radius 1 is 1.32 bits per heavy atom. The quantitative estimate of drug-likeness (QED) is 0.749. The van der Waals surface area contributed by atoms with Gasteiger partial charge >= 0.3 is 0 Å². The monoisotopic (exact) mass is 299 g/mol. The topological polar surface area (TPSA) is 53.9 Å². The van der Waals surface area contributed by atoms with E-state index in [0.717, 1.165) is 50.2 Å². The summed E-state index contributed by atoms with van der Waals surface area (Å²) >= 11 is 0. The maximum absolute atomic E-state index is 12.1. The van der Waals surface area contributed by atoms with E-state index in [4.69, 9.17) is 4.74 Å². The van der Waals surface area contributed by atoms with Crippen LogP contribution in [0.1, 0.15) is 5.56 Å². The van der Waals surface area contributed by atoms with Gasteiger partial charge in [-0.1, -0.05) is 24.8 Å². The number of carbonyl (C=O) groups is 1. The van der Waals surface area contributed by atoms with E-state index in [9.17, 15) is 4.79 Å². The Morgan fingerprint density at radius 2 is 2.14 bits per heavy atom. The minimum atomic E-state index is -0.164. The van der Waals surface area contributed by atoms with Crippen LogP contribution in [0.2, 0.25) is 0 Å². The fourth-order valence-electron chi connectivity index (χ4n) is 2.70. The van der Waals surface area contributed by atoms with Crippen molar-refractivity contribution in [3.63, 3.8) is 0 Å². The smallest absolute Gasteiger partial charge is 0.274 e. The molecule has 0 bridgehead atoms. The second-order valence-corrected chi connectivity index (χ2v) is 5.57. The van der Waals surface area contributed by atoms with Crippen LogP contribution < -0.4 is 15.9 Å². The Kier molecular flexibility index (Phi) is 4.77. The number of hydrogen-bond donors (Lipinski definition) is 1. The molecule has 5 nitrogen and oxygen atoms in total. The molecule has 2 aliphatic heterocycles. The van der Waals surface area contributed by atoms with Gasteiger partial charge in [0.05, 0.1) is 18.6 Å². The average molecular weight is 299 g/mol. The van der Waals surface area contributed by atoms with Crippen LogP contribution in [0.15, 0.2) is 28.8 Å². The normalized spacial score (nSPS) is 18.5. The molecule has 1 aromatic carbocycles. The predicted octanol–water partition coefficient (Wildman–Crippen LogP) is -0.438. The number of rotatable bonds is 5. The zero-order valence-corrected chi connectivity index (χ0v) is 12.7. The van der Waals surface area contributed by atoms with E-state index >= 15 is 0 Å². The molecule has 1 saturated heterocycles. The largest absolute Gasteiger partial charge is 0.379 e. The first-order chi connectivity index (χ1) is 10.7. The summed E-state index contributed by atoms with van der Waals surface area (Å²) in [5.41, 5.74) is 1.68. The van der Waals surface area contributed by atoms with Crippen LogP contribution in [-0.4, -0.2) is 56.7 Å². The number of fused-ring (bicyclic) bond motifs is 1. The number of benzene rings is 1. The fraction of sp³-hybridized carbons (Fsp3) is 0.412. The van der Waals surface area contributed by atoms with Gasteiger partial charge in [0.25, 0.3) is 5.91 Å². The fourth-order valence-corrected chi connectivity index (χ4v) is 2.70. The number of ether oxygens (including phenoxy) is 1. The highest BCUT2D eigenvalue weighted by Gasteiger charge is 2.14. The van der Waals surface area contributed by atoms with Gasteiger partial charge in [-0.05, 0) is 11.3 Å². The van der Waals surface area contributed by atoms with Gasteiger partial charge in [-0.2, -0.15) is 0 Å². The molecular formula is C17H21N3O2. The van der Waals surface area contributed by atoms with E-state index in [1.54, 1.807) is 0 Å². The molecule has 0 saturated carbocycles. The SMILES string of the molecule is C=c1cccc2c1=NC(=O)C(CNCCN1CCOCC1)=C2. The van der Waals surface area contributed by atoms with Gasteiger partial charge in [0.1, 0.15) is 0 Å². The molecule has 22 heavy (non-hydrogen) atoms. The minimum absolute atomic E-state index is 0.164. The number of nitrogens with zero attached hydrogens (tertiary/aromatic N) is 2. The van der Waals surface area contributed by atoms with Crippen LogP contribution in [0.5, 0.6) is 0 Å². The Morgan fingerprint density at radius 3 is 2.95 bits per heavy atom. The van der Waals surface area contributed by atoms with Gasteiger partial charge in [0.2, 0.25) is 0 Å². The summed E-state index contributed by atoms with van der Waals surface area (Å²) in [6.07, 6.45) is 1.92. The van der Waals surface area contributed by atoms with Crippen molar-refractivity contribution in [3.05, 3.63) is 39.9 Å². The van der Waals surface area contributed by atoms with Gasteiger partial charge < -0.3 is 10.1 Å². The number of hydrogen-bond acceptors (Lipinski definition) is 4. The lowest BCUT2D eigenvalue weighted by Crippen LogP contribution is -2.41. The van der Waals surface area contributed by atoms with Gasteiger partial charge in [-0.15, -0.1) is 0 Å². The summed E-state index contributed by atoms with van der Waals surface area (Å²) in [6, 6.07) is 5.77. The van der Waals surface area contributed by atoms with E-state index in [1.807, 2.05) is 24.3 Å². The highest BCUT2D eigenvalue weighted by molar-refractivity contribution is 6.00. The second-order valence-electron chi connectivity index (χ2n) is 5.57. The number of amides is 1. The van der Waals surface area contributed by atoms with Crippen LogP contribution in [0.4, 0.5) is 0 Å². The molecule has 0 unspecified atom stereocenters. The first-order valence-corrected chi connectivity index (χ1v) is 7.66. The molecule has 2 heterocycles. The Labute approximate surface area is 130 Å². The Hall–Kier alpha value is -1.82. The van der Waals surface area contributed by atoms with Crippen LogP contribution in [0, 0.1) is 0 Å². The summed E-state index contributed by atoms with van der Waals surface area (Å²) in [4.78, 5) is 18.6. The highest BCUT2D eigenvalue weighted by Crippen LogP contribution is 2.07. The summed E-state index contributed by atoms with van der Waals surface area (Å²) in [7, 11) is 0. The van der Waals surface area contributed by atoms with Crippen molar-refractivity contribution in [1.29, 1.82) is 0 Å². The lowest BCUT2D eigenvalue weighted by molar-refractivity contribution is -0.114. The van der Waals surface area contributed by atoms with Crippen LogP contribution in [0.3, 0.4) is 0 Å². The van der Waals surface area contributed by atoms with Gasteiger partial charge in [-0.3, -0.25) is 9.69 Å². The number of carbonyl (C=O) groups excluding carboxylic acids is 1. The zero-order valence-electron chi connectivity index (χ0n) is 12.7. The third kappa shape index (κ3) is 3.50. The van der Waals surface area contributed by atoms with E-state index in [0.29, 0.717) is 17.5 Å². The molecule has 1 N–H and O–H groups in total. The number of morpholine rings is 1. The standard InChI is InChI=1S/C17H21N3O2/c1-13-3-2-4-14-11-15(17(21)19-16(13)14)12-18-5-6-20-7-9-22-10-8-20/h2-4,11,18H,1,5-10,12H2. The summed E-state index contributed by atoms with van der Waals surface area (Å²) in [6.45, 7) is 9.88. The third-order valence-electron chi connectivity index (χ3n) is 3.99. The van der Waals surface area contributed by atoms with Crippen molar-refractivity contribution in [2.24, 2.45) is 4.99 Å². The molecular weight excluding hydrogens is 278 g/mol. The highest BCUT2D eigenvalue weighted by atomic mass is 16.5. The van der Waals surface area contributed by atoms with Crippen molar-refractivity contribution in [2.75, 3.05) is 45.9 Å². The molecule has 1 amide bonds. The van der Waals surface area contributed by atoms with Gasteiger partial charge in [-0.25, -0.2) is 4.99 Å². The van der Waals surface area contributed by atoms with Crippen molar-refractivity contribution < 1.29 is 9.53 Å². The first kappa shape index (κ1) is 15.1. The van der Waals surface area contributed by atoms with E-state index in [2.05, 4.69) is 21.8 Å². The van der Waals surface area contributed by atoms with Crippen molar-refractivity contribution >= 4 is 18.6 Å². The third-order valence-corrected chi connectivity index (χ3v) is 3.99. The molecule has 116 valence electrons. The summed E-state index contributed by atoms with van der Waals surface area (Å²) in [5, 5.41) is 4.82. The van der Waals surface area contributed by atoms with E-state index in [-0.39, 0.29) is 5.91 Å². The maximum Gasteiger partial charge on any atom is 0.274 e. The van der Waals surface area contributed by atoms with Crippen LogP contribution in [0.25, 0.3) is 12.7 Å². The lowest BCUT2D eigenvalue weighted by Gasteiger charge is -2.26. The van der Waals surface area contributed by atoms with Crippen molar-refractivity contribution in [3.8, 4) is 0 Å². The molecule has 0 atom stereocenters. The number of para-hydroxylation sites is 1. The second kappa shape index (κ2) is 6.96. The zero-order chi connectivity index (χ0) is 15.4. The Balaban J connectivity index is 1.55. The molecule has 5 heteroatoms. The number of nitrogens with one attached hydrogen (secondary N) is 1. The van der Waals surface area contributed by atoms with Gasteiger partial charge in [0, 0.05) is 43.9 Å². The average Bonchev–Trinajstić information content (AvgIpc) is 2.54. The molecule has 3 rings (SSSR count). The van der Waals surface area contributed by atoms with Crippen LogP contribution >= 0.6 is 0 Å². The molecule has 1 fully saturated rings. The van der Waals surface area contributed by atoms with Gasteiger partial charge in [0.15, 0.2) is 0 Å². The lowest BCUT2D eigenvalue weighted by atomic mass is 10.1. The van der Waals surface area contributed by atoms with E-state index in [1.165, 1.54) is 0 Å². The van der Waals surface area contributed by atoms with Crippen LogP contribution in [-0.2, 0) is 9.53 Å². The van der Waals surface area contributed by atoms with E-state index < -0.39 is 0 Å². The molecule has 0 radical (unpaired) electrons.